The van der Waals surface area contributed by atoms with Crippen LogP contribution in [0.4, 0.5) is 0 Å². The summed E-state index contributed by atoms with van der Waals surface area (Å²) in [5.41, 5.74) is 4.43. The number of phenols is 1. The summed E-state index contributed by atoms with van der Waals surface area (Å²) in [6, 6.07) is 4.34. The molecule has 1 atom stereocenters. The maximum Gasteiger partial charge on any atom is 0.328 e. The first kappa shape index (κ1) is 11.0. The molecule has 1 rings (SSSR count). The molecule has 0 unspecified atom stereocenters. The van der Waals surface area contributed by atoms with E-state index < -0.39 is 11.5 Å². The van der Waals surface area contributed by atoms with E-state index in [-0.39, 0.29) is 5.75 Å². The van der Waals surface area contributed by atoms with Crippen molar-refractivity contribution in [3.8, 4) is 5.75 Å². The van der Waals surface area contributed by atoms with Crippen LogP contribution in [0.5, 0.6) is 5.75 Å². The van der Waals surface area contributed by atoms with Crippen molar-refractivity contribution in [1.82, 2.24) is 0 Å². The Morgan fingerprint density at radius 2 is 2.14 bits per heavy atom. The fraction of sp³-hybridized carbons (Fsp3) is 0.222. The lowest BCUT2D eigenvalue weighted by Gasteiger charge is -2.21. The molecule has 14 heavy (non-hydrogen) atoms. The second-order valence-electron chi connectivity index (χ2n) is 3.17. The summed E-state index contributed by atoms with van der Waals surface area (Å²) in [7, 11) is 0. The van der Waals surface area contributed by atoms with Crippen molar-refractivity contribution in [2.75, 3.05) is 0 Å². The van der Waals surface area contributed by atoms with Crippen LogP contribution in [0.25, 0.3) is 0 Å². The molecule has 4 N–H and O–H groups in total. The summed E-state index contributed by atoms with van der Waals surface area (Å²) in [4.78, 5) is 10.9. The van der Waals surface area contributed by atoms with Gasteiger partial charge in [-0.05, 0) is 25.1 Å². The van der Waals surface area contributed by atoms with Gasteiger partial charge in [0.2, 0.25) is 0 Å². The lowest BCUT2D eigenvalue weighted by Crippen LogP contribution is -2.41. The lowest BCUT2D eigenvalue weighted by atomic mass is 9.93. The normalized spacial score (nSPS) is 14.8. The second kappa shape index (κ2) is 3.59. The Bertz CT molecular complexity index is 376. The average molecular weight is 260 g/mol. The number of carbonyl (C=O) groups is 1. The zero-order valence-electron chi connectivity index (χ0n) is 7.49. The van der Waals surface area contributed by atoms with E-state index in [1.807, 2.05) is 0 Å². The molecular weight excluding hydrogens is 250 g/mol. The van der Waals surface area contributed by atoms with Crippen molar-refractivity contribution in [3.05, 3.63) is 28.2 Å². The molecular formula is C9H10BrNO3. The molecule has 0 aromatic heterocycles. The van der Waals surface area contributed by atoms with Crippen LogP contribution in [-0.4, -0.2) is 16.2 Å². The van der Waals surface area contributed by atoms with Gasteiger partial charge in [0.1, 0.15) is 11.3 Å². The Balaban J connectivity index is 3.31. The molecule has 0 amide bonds. The molecule has 0 spiro atoms. The van der Waals surface area contributed by atoms with Gasteiger partial charge >= 0.3 is 5.97 Å². The Hall–Kier alpha value is -1.07. The molecule has 0 aliphatic carbocycles. The van der Waals surface area contributed by atoms with Crippen molar-refractivity contribution in [2.45, 2.75) is 12.5 Å². The SMILES string of the molecule is C[C@@](N)(C(=O)O)c1cc(O)ccc1Br. The summed E-state index contributed by atoms with van der Waals surface area (Å²) < 4.78 is 0.558. The fourth-order valence-electron chi connectivity index (χ4n) is 1.03. The summed E-state index contributed by atoms with van der Waals surface area (Å²) in [5.74, 6) is -1.16. The largest absolute Gasteiger partial charge is 0.508 e. The molecule has 0 aliphatic heterocycles. The maximum atomic E-state index is 10.9. The highest BCUT2D eigenvalue weighted by Crippen LogP contribution is 2.29. The molecule has 4 nitrogen and oxygen atoms in total. The number of nitrogens with two attached hydrogens (primary N) is 1. The van der Waals surface area contributed by atoms with Crippen LogP contribution in [0.2, 0.25) is 0 Å². The maximum absolute atomic E-state index is 10.9. The van der Waals surface area contributed by atoms with Gasteiger partial charge in [0.05, 0.1) is 0 Å². The second-order valence-corrected chi connectivity index (χ2v) is 4.03. The number of rotatable bonds is 2. The minimum atomic E-state index is -1.52. The molecule has 0 aliphatic rings. The number of hydrogen-bond donors (Lipinski definition) is 3. The fourth-order valence-corrected chi connectivity index (χ4v) is 1.68. The number of carboxylic acid groups (broad SMARTS) is 1. The molecule has 1 aromatic rings. The molecule has 0 radical (unpaired) electrons. The predicted molar refractivity (Wildman–Crippen MR) is 55.0 cm³/mol. The van der Waals surface area contributed by atoms with Crippen LogP contribution in [0.15, 0.2) is 22.7 Å². The minimum Gasteiger partial charge on any atom is -0.508 e. The van der Waals surface area contributed by atoms with Gasteiger partial charge in [0, 0.05) is 10.0 Å². The Kier molecular flexibility index (Phi) is 2.82. The van der Waals surface area contributed by atoms with E-state index in [4.69, 9.17) is 10.8 Å². The number of aromatic hydroxyl groups is 1. The van der Waals surface area contributed by atoms with Gasteiger partial charge < -0.3 is 15.9 Å². The van der Waals surface area contributed by atoms with E-state index in [2.05, 4.69) is 15.9 Å². The van der Waals surface area contributed by atoms with Crippen LogP contribution >= 0.6 is 15.9 Å². The molecule has 0 heterocycles. The highest BCUT2D eigenvalue weighted by molar-refractivity contribution is 9.10. The topological polar surface area (TPSA) is 83.6 Å². The third-order valence-electron chi connectivity index (χ3n) is 1.95. The van der Waals surface area contributed by atoms with Gasteiger partial charge in [-0.15, -0.1) is 0 Å². The van der Waals surface area contributed by atoms with E-state index in [1.165, 1.54) is 19.1 Å². The van der Waals surface area contributed by atoms with E-state index in [9.17, 15) is 9.90 Å². The summed E-state index contributed by atoms with van der Waals surface area (Å²) in [6.45, 7) is 1.37. The van der Waals surface area contributed by atoms with Crippen molar-refractivity contribution >= 4 is 21.9 Å². The first-order valence-corrected chi connectivity index (χ1v) is 4.66. The number of phenolic OH excluding ortho intramolecular Hbond substituents is 1. The third-order valence-corrected chi connectivity index (χ3v) is 2.65. The minimum absolute atomic E-state index is 0.0128. The number of aliphatic carboxylic acids is 1. The molecule has 5 heteroatoms. The average Bonchev–Trinajstić information content (AvgIpc) is 2.08. The zero-order valence-corrected chi connectivity index (χ0v) is 9.08. The quantitative estimate of drug-likeness (QED) is 0.750. The summed E-state index contributed by atoms with van der Waals surface area (Å²) in [5, 5.41) is 18.1. The van der Waals surface area contributed by atoms with Gasteiger partial charge in [0.25, 0.3) is 0 Å². The third kappa shape index (κ3) is 1.88. The number of carboxylic acids is 1. The Morgan fingerprint density at radius 3 is 2.64 bits per heavy atom. The zero-order chi connectivity index (χ0) is 10.9. The highest BCUT2D eigenvalue weighted by Gasteiger charge is 2.32. The number of benzene rings is 1. The van der Waals surface area contributed by atoms with Crippen LogP contribution in [0, 0.1) is 0 Å². The van der Waals surface area contributed by atoms with Gasteiger partial charge in [0.15, 0.2) is 0 Å². The van der Waals surface area contributed by atoms with Gasteiger partial charge in [-0.25, -0.2) is 4.79 Å². The lowest BCUT2D eigenvalue weighted by molar-refractivity contribution is -0.143. The van der Waals surface area contributed by atoms with Gasteiger partial charge in [-0.1, -0.05) is 15.9 Å². The first-order valence-electron chi connectivity index (χ1n) is 3.87. The smallest absolute Gasteiger partial charge is 0.328 e. The van der Waals surface area contributed by atoms with Crippen LogP contribution < -0.4 is 5.73 Å². The molecule has 0 bridgehead atoms. The predicted octanol–water partition coefficient (Wildman–Crippen LogP) is 1.41. The van der Waals surface area contributed by atoms with Crippen LogP contribution in [0.1, 0.15) is 12.5 Å². The standard InChI is InChI=1S/C9H10BrNO3/c1-9(11,8(13)14)6-4-5(12)2-3-7(6)10/h2-4,12H,11H2,1H3,(H,13,14)/t9-/m0/s1. The van der Waals surface area contributed by atoms with E-state index in [0.29, 0.717) is 10.0 Å². The first-order chi connectivity index (χ1) is 6.35. The van der Waals surface area contributed by atoms with Crippen molar-refractivity contribution in [2.24, 2.45) is 5.73 Å². The van der Waals surface area contributed by atoms with E-state index >= 15 is 0 Å². The number of halogens is 1. The molecule has 76 valence electrons. The highest BCUT2D eigenvalue weighted by atomic mass is 79.9. The van der Waals surface area contributed by atoms with Crippen LogP contribution in [0.3, 0.4) is 0 Å². The van der Waals surface area contributed by atoms with Crippen molar-refractivity contribution in [3.63, 3.8) is 0 Å². The van der Waals surface area contributed by atoms with Crippen molar-refractivity contribution < 1.29 is 15.0 Å². The van der Waals surface area contributed by atoms with Crippen molar-refractivity contribution in [1.29, 1.82) is 0 Å². The molecule has 0 saturated carbocycles. The Labute approximate surface area is 89.5 Å². The van der Waals surface area contributed by atoms with Gasteiger partial charge in [-0.3, -0.25) is 0 Å². The number of hydrogen-bond acceptors (Lipinski definition) is 3. The summed E-state index contributed by atoms with van der Waals surface area (Å²) in [6.07, 6.45) is 0. The van der Waals surface area contributed by atoms with E-state index in [1.54, 1.807) is 6.07 Å². The van der Waals surface area contributed by atoms with Gasteiger partial charge in [-0.2, -0.15) is 0 Å². The summed E-state index contributed by atoms with van der Waals surface area (Å²) >= 11 is 3.18. The monoisotopic (exact) mass is 259 g/mol. The molecule has 1 aromatic carbocycles. The molecule has 0 saturated heterocycles. The van der Waals surface area contributed by atoms with E-state index in [0.717, 1.165) is 0 Å². The molecule has 0 fully saturated rings. The van der Waals surface area contributed by atoms with Crippen LogP contribution in [-0.2, 0) is 10.3 Å². The Morgan fingerprint density at radius 1 is 1.57 bits per heavy atom.